The van der Waals surface area contributed by atoms with Gasteiger partial charge in [0.2, 0.25) is 5.65 Å². The van der Waals surface area contributed by atoms with Gasteiger partial charge in [0.25, 0.3) is 0 Å². The van der Waals surface area contributed by atoms with E-state index < -0.39 is 0 Å². The van der Waals surface area contributed by atoms with Crippen LogP contribution in [0, 0.1) is 6.92 Å². The van der Waals surface area contributed by atoms with E-state index in [1.807, 2.05) is 37.3 Å². The van der Waals surface area contributed by atoms with E-state index in [-0.39, 0.29) is 6.01 Å². The number of hydrogen-bond acceptors (Lipinski definition) is 5. The summed E-state index contributed by atoms with van der Waals surface area (Å²) >= 11 is 0. The van der Waals surface area contributed by atoms with Crippen LogP contribution in [0.5, 0.6) is 6.01 Å². The second-order valence-corrected chi connectivity index (χ2v) is 3.80. The van der Waals surface area contributed by atoms with Gasteiger partial charge >= 0.3 is 6.01 Å². The number of nitrogens with zero attached hydrogens (tertiary/aromatic N) is 5. The Labute approximate surface area is 103 Å². The van der Waals surface area contributed by atoms with Crippen LogP contribution in [0.2, 0.25) is 0 Å². The van der Waals surface area contributed by atoms with Crippen molar-refractivity contribution in [1.82, 2.24) is 25.0 Å². The van der Waals surface area contributed by atoms with Crippen LogP contribution >= 0.6 is 0 Å². The molecule has 3 rings (SSSR count). The predicted octanol–water partition coefficient (Wildman–Crippen LogP) is 1.53. The van der Waals surface area contributed by atoms with Crippen LogP contribution in [0.4, 0.5) is 0 Å². The molecule has 0 saturated carbocycles. The van der Waals surface area contributed by atoms with Crippen molar-refractivity contribution in [3.8, 4) is 11.7 Å². The van der Waals surface area contributed by atoms with Gasteiger partial charge in [-0.3, -0.25) is 0 Å². The van der Waals surface area contributed by atoms with Gasteiger partial charge in [-0.15, -0.1) is 5.10 Å². The van der Waals surface area contributed by atoms with Gasteiger partial charge in [-0.2, -0.15) is 10.1 Å². The zero-order valence-corrected chi connectivity index (χ0v) is 10.0. The first-order chi connectivity index (χ1) is 8.79. The van der Waals surface area contributed by atoms with Crippen LogP contribution in [-0.2, 0) is 0 Å². The molecule has 2 aromatic heterocycles. The largest absolute Gasteiger partial charge is 0.466 e. The second-order valence-electron chi connectivity index (χ2n) is 3.80. The molecule has 1 aromatic carbocycles. The Kier molecular flexibility index (Phi) is 2.40. The van der Waals surface area contributed by atoms with Gasteiger partial charge < -0.3 is 4.74 Å². The van der Waals surface area contributed by atoms with Gasteiger partial charge in [-0.25, -0.2) is 4.68 Å². The third kappa shape index (κ3) is 1.58. The number of aromatic nitrogens is 5. The first-order valence-corrected chi connectivity index (χ1v) is 5.49. The first-order valence-electron chi connectivity index (χ1n) is 5.49. The highest BCUT2D eigenvalue weighted by atomic mass is 16.5. The molecule has 18 heavy (non-hydrogen) atoms. The molecule has 3 aromatic rings. The van der Waals surface area contributed by atoms with Crippen LogP contribution in [-0.4, -0.2) is 32.1 Å². The Bertz CT molecular complexity index is 692. The molecular formula is C12H11N5O. The standard InChI is InChI=1S/C12H11N5O/c1-8-10-11(14-15-12(13-10)18-2)17(16-8)9-6-4-3-5-7-9/h3-7H,1-2H3. The van der Waals surface area contributed by atoms with Crippen molar-refractivity contribution in [1.29, 1.82) is 0 Å². The zero-order chi connectivity index (χ0) is 12.5. The summed E-state index contributed by atoms with van der Waals surface area (Å²) in [6.45, 7) is 1.88. The van der Waals surface area contributed by atoms with E-state index in [0.717, 1.165) is 11.4 Å². The number of fused-ring (bicyclic) bond motifs is 1. The topological polar surface area (TPSA) is 65.7 Å². The van der Waals surface area contributed by atoms with Gasteiger partial charge in [-0.05, 0) is 19.1 Å². The van der Waals surface area contributed by atoms with E-state index in [1.54, 1.807) is 4.68 Å². The third-order valence-corrected chi connectivity index (χ3v) is 2.63. The molecule has 6 nitrogen and oxygen atoms in total. The Morgan fingerprint density at radius 2 is 1.89 bits per heavy atom. The molecule has 0 spiro atoms. The van der Waals surface area contributed by atoms with E-state index in [4.69, 9.17) is 4.74 Å². The van der Waals surface area contributed by atoms with Gasteiger partial charge in [0, 0.05) is 0 Å². The normalized spacial score (nSPS) is 10.8. The van der Waals surface area contributed by atoms with Gasteiger partial charge in [-0.1, -0.05) is 23.3 Å². The summed E-state index contributed by atoms with van der Waals surface area (Å²) in [7, 11) is 1.51. The second kappa shape index (κ2) is 4.06. The van der Waals surface area contributed by atoms with E-state index in [1.165, 1.54) is 7.11 Å². The average Bonchev–Trinajstić information content (AvgIpc) is 2.77. The molecule has 0 aliphatic carbocycles. The first kappa shape index (κ1) is 10.6. The number of para-hydroxylation sites is 1. The molecule has 0 bridgehead atoms. The van der Waals surface area contributed by atoms with Crippen LogP contribution in [0.25, 0.3) is 16.9 Å². The lowest BCUT2D eigenvalue weighted by atomic mass is 10.3. The smallest absolute Gasteiger partial charge is 0.336 e. The summed E-state index contributed by atoms with van der Waals surface area (Å²) in [5.41, 5.74) is 3.05. The quantitative estimate of drug-likeness (QED) is 0.680. The molecular weight excluding hydrogens is 230 g/mol. The summed E-state index contributed by atoms with van der Waals surface area (Å²) in [5.74, 6) is 0. The van der Waals surface area contributed by atoms with E-state index in [0.29, 0.717) is 11.2 Å². The number of benzene rings is 1. The molecule has 0 fully saturated rings. The highest BCUT2D eigenvalue weighted by Gasteiger charge is 2.13. The minimum Gasteiger partial charge on any atom is -0.466 e. The van der Waals surface area contributed by atoms with Gasteiger partial charge in [0.1, 0.15) is 5.52 Å². The number of aryl methyl sites for hydroxylation is 1. The number of rotatable bonds is 2. The Balaban J connectivity index is 2.26. The molecule has 0 radical (unpaired) electrons. The van der Waals surface area contributed by atoms with Crippen molar-refractivity contribution in [2.75, 3.05) is 7.11 Å². The van der Waals surface area contributed by atoms with Gasteiger partial charge in [0.05, 0.1) is 18.5 Å². The van der Waals surface area contributed by atoms with Crippen molar-refractivity contribution in [3.05, 3.63) is 36.0 Å². The maximum atomic E-state index is 4.97. The summed E-state index contributed by atoms with van der Waals surface area (Å²) in [6.07, 6.45) is 0. The molecule has 90 valence electrons. The van der Waals surface area contributed by atoms with Crippen molar-refractivity contribution >= 4 is 11.2 Å². The van der Waals surface area contributed by atoms with Crippen molar-refractivity contribution in [2.45, 2.75) is 6.92 Å². The molecule has 6 heteroatoms. The molecule has 0 N–H and O–H groups in total. The lowest BCUT2D eigenvalue weighted by Crippen LogP contribution is -2.00. The lowest BCUT2D eigenvalue weighted by molar-refractivity contribution is 0.376. The maximum absolute atomic E-state index is 4.97. The highest BCUT2D eigenvalue weighted by molar-refractivity contribution is 5.74. The zero-order valence-electron chi connectivity index (χ0n) is 10.0. The number of methoxy groups -OCH3 is 1. The maximum Gasteiger partial charge on any atom is 0.336 e. The fraction of sp³-hybridized carbons (Fsp3) is 0.167. The van der Waals surface area contributed by atoms with Crippen molar-refractivity contribution in [2.24, 2.45) is 0 Å². The van der Waals surface area contributed by atoms with Crippen LogP contribution < -0.4 is 4.74 Å². The third-order valence-electron chi connectivity index (χ3n) is 2.63. The Hall–Kier alpha value is -2.50. The fourth-order valence-corrected chi connectivity index (χ4v) is 1.77. The molecule has 2 heterocycles. The Morgan fingerprint density at radius 1 is 1.11 bits per heavy atom. The molecule has 0 atom stereocenters. The highest BCUT2D eigenvalue weighted by Crippen LogP contribution is 2.18. The van der Waals surface area contributed by atoms with E-state index in [9.17, 15) is 0 Å². The molecule has 0 aliphatic heterocycles. The summed E-state index contributed by atoms with van der Waals surface area (Å²) in [4.78, 5) is 4.26. The number of hydrogen-bond donors (Lipinski definition) is 0. The fourth-order valence-electron chi connectivity index (χ4n) is 1.77. The molecule has 0 aliphatic rings. The average molecular weight is 241 g/mol. The van der Waals surface area contributed by atoms with E-state index >= 15 is 0 Å². The van der Waals surface area contributed by atoms with Gasteiger partial charge in [0.15, 0.2) is 0 Å². The van der Waals surface area contributed by atoms with Crippen LogP contribution in [0.1, 0.15) is 5.69 Å². The lowest BCUT2D eigenvalue weighted by Gasteiger charge is -2.01. The SMILES string of the molecule is COc1nnc2c(n1)c(C)nn2-c1ccccc1. The van der Waals surface area contributed by atoms with Crippen LogP contribution in [0.15, 0.2) is 30.3 Å². The summed E-state index contributed by atoms with van der Waals surface area (Å²) in [5, 5.41) is 12.4. The molecule has 0 saturated heterocycles. The van der Waals surface area contributed by atoms with Crippen molar-refractivity contribution in [3.63, 3.8) is 0 Å². The number of ether oxygens (including phenoxy) is 1. The summed E-state index contributed by atoms with van der Waals surface area (Å²) in [6, 6.07) is 10.0. The minimum atomic E-state index is 0.248. The van der Waals surface area contributed by atoms with Crippen molar-refractivity contribution < 1.29 is 4.74 Å². The minimum absolute atomic E-state index is 0.248. The Morgan fingerprint density at radius 3 is 2.61 bits per heavy atom. The molecule has 0 unspecified atom stereocenters. The summed E-state index contributed by atoms with van der Waals surface area (Å²) < 4.78 is 6.70. The molecule has 0 amide bonds. The van der Waals surface area contributed by atoms with Crippen LogP contribution in [0.3, 0.4) is 0 Å². The predicted molar refractivity (Wildman–Crippen MR) is 65.7 cm³/mol. The van der Waals surface area contributed by atoms with E-state index in [2.05, 4.69) is 20.3 Å². The monoisotopic (exact) mass is 241 g/mol.